The first-order chi connectivity index (χ1) is 14.2. The zero-order valence-corrected chi connectivity index (χ0v) is 16.7. The van der Waals surface area contributed by atoms with Crippen LogP contribution in [0, 0.1) is 0 Å². The molecule has 1 fully saturated rings. The van der Waals surface area contributed by atoms with Crippen molar-refractivity contribution in [1.82, 2.24) is 4.98 Å². The van der Waals surface area contributed by atoms with Crippen molar-refractivity contribution >= 4 is 35.0 Å². The lowest BCUT2D eigenvalue weighted by molar-refractivity contribution is -0.117. The Hall–Kier alpha value is -3.12. The maximum absolute atomic E-state index is 12.5. The third-order valence-corrected chi connectivity index (χ3v) is 5.84. The molecule has 0 bridgehead atoms. The third kappa shape index (κ3) is 4.84. The minimum Gasteiger partial charge on any atom is -0.322 e. The van der Waals surface area contributed by atoms with Gasteiger partial charge in [-0.3, -0.25) is 14.6 Å². The molecule has 1 aliphatic heterocycles. The van der Waals surface area contributed by atoms with Gasteiger partial charge in [-0.25, -0.2) is 0 Å². The summed E-state index contributed by atoms with van der Waals surface area (Å²) in [5.74, 6) is 0.828. The second-order valence-corrected chi connectivity index (χ2v) is 7.87. The van der Waals surface area contributed by atoms with Crippen LogP contribution in [0.1, 0.15) is 28.8 Å². The molecule has 0 radical (unpaired) electrons. The summed E-state index contributed by atoms with van der Waals surface area (Å²) in [5.41, 5.74) is 3.34. The Morgan fingerprint density at radius 2 is 1.86 bits per heavy atom. The Morgan fingerprint density at radius 1 is 1.07 bits per heavy atom. The number of carbonyl (C=O) groups excluding carboxylic acids is 2. The molecule has 1 aromatic heterocycles. The Morgan fingerprint density at radius 3 is 2.52 bits per heavy atom. The van der Waals surface area contributed by atoms with Gasteiger partial charge in [-0.2, -0.15) is 0 Å². The smallest absolute Gasteiger partial charge is 0.255 e. The molecule has 0 unspecified atom stereocenters. The lowest BCUT2D eigenvalue weighted by atomic mass is 10.1. The highest BCUT2D eigenvalue weighted by Crippen LogP contribution is 2.25. The van der Waals surface area contributed by atoms with Crippen molar-refractivity contribution in [3.05, 3.63) is 84.2 Å². The second-order valence-electron chi connectivity index (χ2n) is 6.82. The average Bonchev–Trinajstić information content (AvgIpc) is 3.20. The predicted molar refractivity (Wildman–Crippen MR) is 116 cm³/mol. The first kappa shape index (κ1) is 19.2. The summed E-state index contributed by atoms with van der Waals surface area (Å²) in [5, 5.41) is 2.92. The van der Waals surface area contributed by atoms with Gasteiger partial charge in [-0.05, 0) is 66.6 Å². The third-order valence-electron chi connectivity index (χ3n) is 4.76. The van der Waals surface area contributed by atoms with E-state index in [2.05, 4.69) is 16.4 Å². The standard InChI is InChI=1S/C23H21N3O2S/c27-22-4-2-14-26(22)20-9-5-18(6-10-20)23(28)25-19-7-11-21(12-8-19)29-16-17-3-1-13-24-15-17/h1,3,5-13,15H,2,4,14,16H2,(H,25,28). The van der Waals surface area contributed by atoms with Crippen molar-refractivity contribution in [2.75, 3.05) is 16.8 Å². The van der Waals surface area contributed by atoms with E-state index in [0.29, 0.717) is 12.0 Å². The number of anilines is 2. The number of amides is 2. The Bertz CT molecular complexity index is 989. The van der Waals surface area contributed by atoms with Crippen LogP contribution in [0.3, 0.4) is 0 Å². The van der Waals surface area contributed by atoms with E-state index in [0.717, 1.165) is 35.0 Å². The summed E-state index contributed by atoms with van der Waals surface area (Å²) < 4.78 is 0. The fourth-order valence-electron chi connectivity index (χ4n) is 3.20. The monoisotopic (exact) mass is 403 g/mol. The number of hydrogen-bond acceptors (Lipinski definition) is 4. The van der Waals surface area contributed by atoms with Gasteiger partial charge in [0, 0.05) is 52.9 Å². The van der Waals surface area contributed by atoms with E-state index >= 15 is 0 Å². The van der Waals surface area contributed by atoms with Gasteiger partial charge >= 0.3 is 0 Å². The number of nitrogens with one attached hydrogen (secondary N) is 1. The number of nitrogens with zero attached hydrogens (tertiary/aromatic N) is 2. The van der Waals surface area contributed by atoms with Crippen molar-refractivity contribution in [2.45, 2.75) is 23.5 Å². The number of thioether (sulfide) groups is 1. The van der Waals surface area contributed by atoms with Crippen molar-refractivity contribution in [3.8, 4) is 0 Å². The summed E-state index contributed by atoms with van der Waals surface area (Å²) in [6.07, 6.45) is 5.12. The number of benzene rings is 2. The molecule has 146 valence electrons. The molecule has 2 amide bonds. The molecule has 1 saturated heterocycles. The Balaban J connectivity index is 1.34. The van der Waals surface area contributed by atoms with E-state index in [4.69, 9.17) is 0 Å². The van der Waals surface area contributed by atoms with Crippen LogP contribution < -0.4 is 10.2 Å². The molecular formula is C23H21N3O2S. The fourth-order valence-corrected chi connectivity index (χ4v) is 4.03. The van der Waals surface area contributed by atoms with Gasteiger partial charge in [-0.15, -0.1) is 11.8 Å². The molecule has 0 aliphatic carbocycles. The van der Waals surface area contributed by atoms with Crippen LogP contribution in [-0.2, 0) is 10.5 Å². The van der Waals surface area contributed by atoms with Crippen LogP contribution in [0.5, 0.6) is 0 Å². The van der Waals surface area contributed by atoms with Gasteiger partial charge in [0.25, 0.3) is 5.91 Å². The van der Waals surface area contributed by atoms with Crippen LogP contribution in [0.15, 0.2) is 78.0 Å². The van der Waals surface area contributed by atoms with Crippen molar-refractivity contribution in [1.29, 1.82) is 0 Å². The van der Waals surface area contributed by atoms with Crippen LogP contribution in [-0.4, -0.2) is 23.3 Å². The van der Waals surface area contributed by atoms with Crippen LogP contribution >= 0.6 is 11.8 Å². The van der Waals surface area contributed by atoms with Crippen molar-refractivity contribution in [2.24, 2.45) is 0 Å². The first-order valence-electron chi connectivity index (χ1n) is 9.52. The molecular weight excluding hydrogens is 382 g/mol. The van der Waals surface area contributed by atoms with Crippen LogP contribution in [0.4, 0.5) is 11.4 Å². The molecule has 0 spiro atoms. The largest absolute Gasteiger partial charge is 0.322 e. The number of aromatic nitrogens is 1. The SMILES string of the molecule is O=C(Nc1ccc(SCc2cccnc2)cc1)c1ccc(N2CCCC2=O)cc1. The molecule has 3 aromatic rings. The van der Waals surface area contributed by atoms with Crippen molar-refractivity contribution < 1.29 is 9.59 Å². The molecule has 0 saturated carbocycles. The van der Waals surface area contributed by atoms with E-state index < -0.39 is 0 Å². The molecule has 5 nitrogen and oxygen atoms in total. The molecule has 0 atom stereocenters. The van der Waals surface area contributed by atoms with Gasteiger partial charge in [0.15, 0.2) is 0 Å². The first-order valence-corrected chi connectivity index (χ1v) is 10.5. The normalized spacial score (nSPS) is 13.5. The van der Waals surface area contributed by atoms with Gasteiger partial charge in [0.1, 0.15) is 0 Å². The second kappa shape index (κ2) is 8.92. The van der Waals surface area contributed by atoms with Gasteiger partial charge in [0.05, 0.1) is 0 Å². The zero-order chi connectivity index (χ0) is 20.1. The van der Waals surface area contributed by atoms with Gasteiger partial charge in [-0.1, -0.05) is 6.07 Å². The summed E-state index contributed by atoms with van der Waals surface area (Å²) in [7, 11) is 0. The molecule has 29 heavy (non-hydrogen) atoms. The van der Waals surface area contributed by atoms with Crippen LogP contribution in [0.25, 0.3) is 0 Å². The molecule has 1 aliphatic rings. The van der Waals surface area contributed by atoms with Gasteiger partial charge in [0.2, 0.25) is 5.91 Å². The summed E-state index contributed by atoms with van der Waals surface area (Å²) in [4.78, 5) is 31.4. The lowest BCUT2D eigenvalue weighted by Gasteiger charge is -2.15. The van der Waals surface area contributed by atoms with E-state index in [-0.39, 0.29) is 11.8 Å². The fraction of sp³-hybridized carbons (Fsp3) is 0.174. The summed E-state index contributed by atoms with van der Waals surface area (Å²) in [6.45, 7) is 0.746. The minimum absolute atomic E-state index is 0.142. The van der Waals surface area contributed by atoms with Gasteiger partial charge < -0.3 is 10.2 Å². The number of rotatable bonds is 6. The Labute approximate surface area is 174 Å². The topological polar surface area (TPSA) is 62.3 Å². The molecule has 1 N–H and O–H groups in total. The average molecular weight is 404 g/mol. The predicted octanol–water partition coefficient (Wildman–Crippen LogP) is 4.75. The highest BCUT2D eigenvalue weighted by molar-refractivity contribution is 7.98. The quantitative estimate of drug-likeness (QED) is 0.603. The molecule has 6 heteroatoms. The number of carbonyl (C=O) groups is 2. The maximum Gasteiger partial charge on any atom is 0.255 e. The van der Waals surface area contributed by atoms with E-state index in [9.17, 15) is 9.59 Å². The molecule has 2 heterocycles. The van der Waals surface area contributed by atoms with Crippen molar-refractivity contribution in [3.63, 3.8) is 0 Å². The maximum atomic E-state index is 12.5. The minimum atomic E-state index is -0.167. The van der Waals surface area contributed by atoms with E-state index in [1.54, 1.807) is 35.0 Å². The summed E-state index contributed by atoms with van der Waals surface area (Å²) in [6, 6.07) is 19.0. The van der Waals surface area contributed by atoms with E-state index in [1.807, 2.05) is 48.7 Å². The summed E-state index contributed by atoms with van der Waals surface area (Å²) >= 11 is 1.73. The number of hydrogen-bond donors (Lipinski definition) is 1. The lowest BCUT2D eigenvalue weighted by Crippen LogP contribution is -2.23. The highest BCUT2D eigenvalue weighted by Gasteiger charge is 2.21. The van der Waals surface area contributed by atoms with E-state index in [1.165, 1.54) is 5.56 Å². The zero-order valence-electron chi connectivity index (χ0n) is 15.9. The molecule has 2 aromatic carbocycles. The molecule has 4 rings (SSSR count). The highest BCUT2D eigenvalue weighted by atomic mass is 32.2. The number of pyridine rings is 1. The van der Waals surface area contributed by atoms with Crippen LogP contribution in [0.2, 0.25) is 0 Å². The Kier molecular flexibility index (Phi) is 5.91.